The number of hydrogen-bond acceptors (Lipinski definition) is 2. The lowest BCUT2D eigenvalue weighted by Gasteiger charge is -2.61. The molecule has 0 radical (unpaired) electrons. The number of fused-ring (bicyclic) bond motifs is 10. The Labute approximate surface area is 367 Å². The second-order valence-electron chi connectivity index (χ2n) is 26.1. The molecule has 0 bridgehead atoms. The van der Waals surface area contributed by atoms with Gasteiger partial charge in [0.1, 0.15) is 0 Å². The highest BCUT2D eigenvalue weighted by molar-refractivity contribution is 5.73. The molecule has 340 valence electrons. The first-order valence-corrected chi connectivity index (χ1v) is 26.9. The number of carbonyl (C=O) groups is 1. The molecule has 8 saturated carbocycles. The van der Waals surface area contributed by atoms with Gasteiger partial charge in [-0.05, 0) is 220 Å². The summed E-state index contributed by atoms with van der Waals surface area (Å²) >= 11 is 0. The van der Waals surface area contributed by atoms with E-state index < -0.39 is 0 Å². The van der Waals surface area contributed by atoms with Gasteiger partial charge in [0.15, 0.2) is 0 Å². The van der Waals surface area contributed by atoms with Gasteiger partial charge in [0.05, 0.1) is 0 Å². The smallest absolute Gasteiger partial charge is 0.217 e. The summed E-state index contributed by atoms with van der Waals surface area (Å²) in [5, 5.41) is 3.25. The van der Waals surface area contributed by atoms with Gasteiger partial charge in [-0.3, -0.25) is 4.79 Å². The topological polar surface area (TPSA) is 55.1 Å². The molecule has 3 nitrogen and oxygen atoms in total. The van der Waals surface area contributed by atoms with Crippen molar-refractivity contribution < 1.29 is 4.79 Å². The van der Waals surface area contributed by atoms with Crippen LogP contribution in [0.2, 0.25) is 0 Å². The zero-order valence-electron chi connectivity index (χ0n) is 41.2. The molecule has 0 aromatic rings. The van der Waals surface area contributed by atoms with Crippen LogP contribution < -0.4 is 11.1 Å². The molecule has 8 fully saturated rings. The van der Waals surface area contributed by atoms with E-state index in [-0.39, 0.29) is 5.91 Å². The van der Waals surface area contributed by atoms with Crippen LogP contribution in [0.4, 0.5) is 0 Å². The lowest BCUT2D eigenvalue weighted by Crippen LogP contribution is -2.55. The summed E-state index contributed by atoms with van der Waals surface area (Å²) in [6.45, 7) is 27.2. The van der Waals surface area contributed by atoms with Gasteiger partial charge in [-0.25, -0.2) is 0 Å². The van der Waals surface area contributed by atoms with E-state index in [1.807, 2.05) is 0 Å². The van der Waals surface area contributed by atoms with E-state index in [1.165, 1.54) is 154 Å². The van der Waals surface area contributed by atoms with E-state index in [9.17, 15) is 4.79 Å². The quantitative estimate of drug-likeness (QED) is 0.218. The van der Waals surface area contributed by atoms with Crippen LogP contribution in [-0.2, 0) is 4.79 Å². The summed E-state index contributed by atoms with van der Waals surface area (Å²) in [6, 6.07) is 0.926. The molecular weight excluding hydrogens is 717 g/mol. The zero-order valence-corrected chi connectivity index (χ0v) is 41.2. The number of rotatable bonds is 11. The van der Waals surface area contributed by atoms with Crippen LogP contribution in [0.25, 0.3) is 0 Å². The molecule has 8 aliphatic carbocycles. The summed E-state index contributed by atoms with van der Waals surface area (Å²) in [7, 11) is 0. The molecule has 8 aliphatic rings. The minimum absolute atomic E-state index is 0.162. The van der Waals surface area contributed by atoms with Crippen molar-refractivity contribution >= 4 is 5.91 Å². The lowest BCUT2D eigenvalue weighted by atomic mass is 9.44. The second-order valence-corrected chi connectivity index (χ2v) is 26.1. The van der Waals surface area contributed by atoms with Gasteiger partial charge in [0, 0.05) is 19.0 Å². The van der Waals surface area contributed by atoms with Crippen LogP contribution in [0.3, 0.4) is 0 Å². The van der Waals surface area contributed by atoms with Gasteiger partial charge in [0.25, 0.3) is 0 Å². The third-order valence-corrected chi connectivity index (χ3v) is 22.2. The Morgan fingerprint density at radius 2 is 0.949 bits per heavy atom. The standard InChI is InChI=1S/C29H51NO.C27H49N/c1-19(2)8-7-9-20(3)25-12-13-26-24-11-10-22-18-23(30-21(4)31)14-16-28(22,5)27(24)15-17-29(25,26)6;1-18(2)7-6-8-19(3)23-11-12-24-22-10-9-20-17-21(28)13-15-26(20,4)25(22)14-16-27(23,24)5/h19-20,22-27H,7-18H2,1-6H3,(H,30,31);18-25H,6-17,28H2,1-5H3/t20?,22-,23+,24-,25+,26-,27-,28-,29+;19-,20+,21-,22+,23-,24+,25+,26+,27-/m01/s1. The van der Waals surface area contributed by atoms with E-state index in [0.717, 1.165) is 82.9 Å². The summed E-state index contributed by atoms with van der Waals surface area (Å²) in [5.74, 6) is 13.4. The monoisotopic (exact) mass is 817 g/mol. The first kappa shape index (κ1) is 46.4. The summed E-state index contributed by atoms with van der Waals surface area (Å²) in [5.41, 5.74) is 8.78. The molecule has 0 aromatic heterocycles. The summed E-state index contributed by atoms with van der Waals surface area (Å²) < 4.78 is 0. The maximum Gasteiger partial charge on any atom is 0.217 e. The maximum atomic E-state index is 11.6. The number of carbonyl (C=O) groups excluding carboxylic acids is 1. The van der Waals surface area contributed by atoms with E-state index in [1.54, 1.807) is 6.92 Å². The van der Waals surface area contributed by atoms with Crippen molar-refractivity contribution in [3.05, 3.63) is 0 Å². The predicted octanol–water partition coefficient (Wildman–Crippen LogP) is 15.0. The molecule has 3 heteroatoms. The number of hydrogen-bond donors (Lipinski definition) is 2. The zero-order chi connectivity index (χ0) is 42.5. The fourth-order valence-corrected chi connectivity index (χ4v) is 19.0. The molecule has 0 heterocycles. The molecule has 0 saturated heterocycles. The SMILES string of the molecule is CC(=O)N[C@@H]1CC[C@@]2(C)[C@@H](CC[C@@H]3[C@@H]2CC[C@]2(C)[C@@H](C(C)CCCC(C)C)CC[C@@H]32)C1.CC(C)CCC[C@@H](C)[C@H]1CC[C@H]2[C@@H]3CC[C@H]4C[C@H](N)CC[C@]4(C)[C@H]3CC[C@]12C. The molecule has 1 unspecified atom stereocenters. The van der Waals surface area contributed by atoms with Crippen molar-refractivity contribution in [3.63, 3.8) is 0 Å². The molecule has 0 aliphatic heterocycles. The van der Waals surface area contributed by atoms with Crippen LogP contribution >= 0.6 is 0 Å². The molecule has 18 atom stereocenters. The van der Waals surface area contributed by atoms with Crippen LogP contribution in [0, 0.1) is 105 Å². The Bertz CT molecular complexity index is 1390. The van der Waals surface area contributed by atoms with Crippen LogP contribution in [0.5, 0.6) is 0 Å². The van der Waals surface area contributed by atoms with E-state index in [0.29, 0.717) is 33.7 Å². The van der Waals surface area contributed by atoms with Crippen molar-refractivity contribution in [1.29, 1.82) is 0 Å². The molecule has 0 spiro atoms. The first-order chi connectivity index (χ1) is 27.9. The normalized spacial score (nSPS) is 47.4. The Morgan fingerprint density at radius 3 is 1.41 bits per heavy atom. The maximum absolute atomic E-state index is 11.6. The molecule has 1 amide bonds. The van der Waals surface area contributed by atoms with Crippen molar-refractivity contribution in [3.8, 4) is 0 Å². The lowest BCUT2D eigenvalue weighted by molar-refractivity contribution is -0.126. The van der Waals surface area contributed by atoms with E-state index >= 15 is 0 Å². The minimum atomic E-state index is 0.162. The fourth-order valence-electron chi connectivity index (χ4n) is 19.0. The van der Waals surface area contributed by atoms with Gasteiger partial charge in [-0.1, -0.05) is 108 Å². The summed E-state index contributed by atoms with van der Waals surface area (Å²) in [6.07, 6.45) is 34.3. The predicted molar refractivity (Wildman–Crippen MR) is 252 cm³/mol. The van der Waals surface area contributed by atoms with E-state index in [2.05, 4.69) is 74.6 Å². The molecule has 8 rings (SSSR count). The van der Waals surface area contributed by atoms with Crippen LogP contribution in [-0.4, -0.2) is 18.0 Å². The van der Waals surface area contributed by atoms with Crippen molar-refractivity contribution in [2.75, 3.05) is 0 Å². The number of amides is 1. The van der Waals surface area contributed by atoms with Crippen LogP contribution in [0.1, 0.15) is 230 Å². The average molecular weight is 817 g/mol. The van der Waals surface area contributed by atoms with Crippen LogP contribution in [0.15, 0.2) is 0 Å². The van der Waals surface area contributed by atoms with Gasteiger partial charge >= 0.3 is 0 Å². The Kier molecular flexibility index (Phi) is 14.6. The minimum Gasteiger partial charge on any atom is -0.354 e. The molecule has 3 N–H and O–H groups in total. The molecular formula is C56H100N2O. The summed E-state index contributed by atoms with van der Waals surface area (Å²) in [4.78, 5) is 11.6. The van der Waals surface area contributed by atoms with Gasteiger partial charge in [0.2, 0.25) is 5.91 Å². The average Bonchev–Trinajstić information content (AvgIpc) is 3.72. The van der Waals surface area contributed by atoms with Gasteiger partial charge in [-0.2, -0.15) is 0 Å². The highest BCUT2D eigenvalue weighted by Gasteiger charge is 2.62. The highest BCUT2D eigenvalue weighted by atomic mass is 16.1. The third-order valence-electron chi connectivity index (χ3n) is 22.2. The Hall–Kier alpha value is -0.570. The fraction of sp³-hybridized carbons (Fsp3) is 0.982. The van der Waals surface area contributed by atoms with Gasteiger partial charge < -0.3 is 11.1 Å². The number of nitrogens with one attached hydrogen (secondary N) is 1. The first-order valence-electron chi connectivity index (χ1n) is 26.9. The second kappa shape index (κ2) is 18.5. The van der Waals surface area contributed by atoms with Crippen molar-refractivity contribution in [2.45, 2.75) is 242 Å². The van der Waals surface area contributed by atoms with Crippen molar-refractivity contribution in [2.24, 2.45) is 110 Å². The van der Waals surface area contributed by atoms with Gasteiger partial charge in [-0.15, -0.1) is 0 Å². The Balaban J connectivity index is 0.000000180. The van der Waals surface area contributed by atoms with Crippen molar-refractivity contribution in [1.82, 2.24) is 5.32 Å². The van der Waals surface area contributed by atoms with E-state index in [4.69, 9.17) is 5.73 Å². The highest BCUT2D eigenvalue weighted by Crippen LogP contribution is 2.70. The third kappa shape index (κ3) is 9.08. The largest absolute Gasteiger partial charge is 0.354 e. The molecule has 59 heavy (non-hydrogen) atoms. The number of nitrogens with two attached hydrogens (primary N) is 1. The molecule has 0 aromatic carbocycles. The Morgan fingerprint density at radius 1 is 0.525 bits per heavy atom.